The Labute approximate surface area is 171 Å². The van der Waals surface area contributed by atoms with Crippen LogP contribution in [0.15, 0.2) is 41.3 Å². The molecule has 1 aliphatic rings. The second-order valence-corrected chi connectivity index (χ2v) is 8.91. The number of piperazine rings is 1. The van der Waals surface area contributed by atoms with Crippen LogP contribution in [0.4, 0.5) is 0 Å². The van der Waals surface area contributed by atoms with Crippen LogP contribution in [0.3, 0.4) is 0 Å². The molecule has 7 nitrogen and oxygen atoms in total. The van der Waals surface area contributed by atoms with Crippen molar-refractivity contribution < 1.29 is 22.7 Å². The van der Waals surface area contributed by atoms with Crippen molar-refractivity contribution in [1.29, 1.82) is 0 Å². The van der Waals surface area contributed by atoms with Crippen LogP contribution in [0, 0.1) is 13.8 Å². The van der Waals surface area contributed by atoms with Crippen LogP contribution in [0.5, 0.6) is 11.5 Å². The third-order valence-electron chi connectivity index (χ3n) is 5.12. The fourth-order valence-electron chi connectivity index (χ4n) is 3.48. The Morgan fingerprint density at radius 1 is 0.966 bits per heavy atom. The summed E-state index contributed by atoms with van der Waals surface area (Å²) in [7, 11) is -0.595. The summed E-state index contributed by atoms with van der Waals surface area (Å²) >= 11 is 0. The van der Waals surface area contributed by atoms with Crippen molar-refractivity contribution in [3.8, 4) is 11.5 Å². The molecule has 1 amide bonds. The Morgan fingerprint density at radius 3 is 2.28 bits per heavy atom. The van der Waals surface area contributed by atoms with Crippen LogP contribution in [-0.2, 0) is 10.0 Å². The van der Waals surface area contributed by atoms with Gasteiger partial charge in [0.25, 0.3) is 5.91 Å². The lowest BCUT2D eigenvalue weighted by molar-refractivity contribution is 0.0694. The molecule has 2 aromatic rings. The van der Waals surface area contributed by atoms with Crippen molar-refractivity contribution in [2.75, 3.05) is 40.4 Å². The van der Waals surface area contributed by atoms with E-state index in [2.05, 4.69) is 0 Å². The summed E-state index contributed by atoms with van der Waals surface area (Å²) in [5.74, 6) is 0.657. The molecule has 0 radical (unpaired) electrons. The van der Waals surface area contributed by atoms with Crippen LogP contribution in [0.25, 0.3) is 0 Å². The van der Waals surface area contributed by atoms with Crippen LogP contribution < -0.4 is 9.47 Å². The number of hydrogen-bond acceptors (Lipinski definition) is 5. The molecule has 0 saturated carbocycles. The minimum atomic E-state index is -3.60. The third-order valence-corrected chi connectivity index (χ3v) is 7.16. The molecule has 1 aliphatic heterocycles. The molecule has 1 heterocycles. The zero-order valence-electron chi connectivity index (χ0n) is 17.1. The number of carbonyl (C=O) groups excluding carboxylic acids is 1. The number of nitrogens with zero attached hydrogens (tertiary/aromatic N) is 2. The van der Waals surface area contributed by atoms with Gasteiger partial charge in [-0.1, -0.05) is 18.2 Å². The first-order valence-corrected chi connectivity index (χ1v) is 10.8. The zero-order chi connectivity index (χ0) is 21.2. The summed E-state index contributed by atoms with van der Waals surface area (Å²) in [5.41, 5.74) is 2.01. The Balaban J connectivity index is 1.77. The number of aryl methyl sites for hydroxylation is 2. The molecule has 0 spiro atoms. The van der Waals surface area contributed by atoms with E-state index in [0.717, 1.165) is 11.1 Å². The van der Waals surface area contributed by atoms with Crippen LogP contribution in [0.2, 0.25) is 0 Å². The third kappa shape index (κ3) is 4.09. The molecule has 0 bridgehead atoms. The first kappa shape index (κ1) is 21.1. The quantitative estimate of drug-likeness (QED) is 0.746. The highest BCUT2D eigenvalue weighted by atomic mass is 32.2. The number of sulfonamides is 1. The van der Waals surface area contributed by atoms with Gasteiger partial charge < -0.3 is 14.4 Å². The van der Waals surface area contributed by atoms with Gasteiger partial charge >= 0.3 is 0 Å². The molecular formula is C21H26N2O5S. The van der Waals surface area contributed by atoms with E-state index in [0.29, 0.717) is 35.0 Å². The van der Waals surface area contributed by atoms with Crippen molar-refractivity contribution in [2.45, 2.75) is 18.7 Å². The highest BCUT2D eigenvalue weighted by Gasteiger charge is 2.32. The fraction of sp³-hybridized carbons (Fsp3) is 0.381. The van der Waals surface area contributed by atoms with Gasteiger partial charge in [-0.05, 0) is 43.2 Å². The highest BCUT2D eigenvalue weighted by Crippen LogP contribution is 2.32. The molecule has 1 fully saturated rings. The van der Waals surface area contributed by atoms with Gasteiger partial charge in [0.2, 0.25) is 10.0 Å². The number of methoxy groups -OCH3 is 2. The second-order valence-electron chi connectivity index (χ2n) is 7.01. The first-order valence-electron chi connectivity index (χ1n) is 9.37. The summed E-state index contributed by atoms with van der Waals surface area (Å²) in [4.78, 5) is 15.0. The summed E-state index contributed by atoms with van der Waals surface area (Å²) in [5, 5.41) is 0. The van der Waals surface area contributed by atoms with Crippen molar-refractivity contribution in [3.05, 3.63) is 53.1 Å². The van der Waals surface area contributed by atoms with Gasteiger partial charge in [0.05, 0.1) is 24.7 Å². The molecular weight excluding hydrogens is 392 g/mol. The van der Waals surface area contributed by atoms with E-state index >= 15 is 0 Å². The Kier molecular flexibility index (Phi) is 6.14. The average molecular weight is 419 g/mol. The van der Waals surface area contributed by atoms with Gasteiger partial charge in [-0.2, -0.15) is 4.31 Å². The lowest BCUT2D eigenvalue weighted by Gasteiger charge is -2.34. The molecule has 0 N–H and O–H groups in total. The van der Waals surface area contributed by atoms with E-state index in [9.17, 15) is 13.2 Å². The zero-order valence-corrected chi connectivity index (χ0v) is 18.0. The summed E-state index contributed by atoms with van der Waals surface area (Å²) in [6, 6.07) is 10.6. The number of para-hydroxylation sites is 1. The number of carbonyl (C=O) groups is 1. The molecule has 1 saturated heterocycles. The molecule has 29 heavy (non-hydrogen) atoms. The minimum Gasteiger partial charge on any atom is -0.493 e. The highest BCUT2D eigenvalue weighted by molar-refractivity contribution is 7.89. The van der Waals surface area contributed by atoms with Crippen LogP contribution in [-0.4, -0.2) is 63.9 Å². The van der Waals surface area contributed by atoms with Crippen molar-refractivity contribution in [3.63, 3.8) is 0 Å². The standard InChI is InChI=1S/C21H26N2O5S/c1-15-8-9-16(2)19(14-15)29(25,26)23-12-10-22(11-13-23)21(24)17-6-5-7-18(27-3)20(17)28-4/h5-9,14H,10-13H2,1-4H3. The smallest absolute Gasteiger partial charge is 0.257 e. The van der Waals surface area contributed by atoms with E-state index in [1.807, 2.05) is 19.1 Å². The molecule has 2 aromatic carbocycles. The van der Waals surface area contributed by atoms with E-state index in [4.69, 9.17) is 9.47 Å². The second kappa shape index (κ2) is 8.42. The fourth-order valence-corrected chi connectivity index (χ4v) is 5.21. The number of hydrogen-bond donors (Lipinski definition) is 0. The molecule has 0 atom stereocenters. The summed E-state index contributed by atoms with van der Waals surface area (Å²) in [6.45, 7) is 4.77. The maximum absolute atomic E-state index is 13.1. The largest absolute Gasteiger partial charge is 0.493 e. The Bertz CT molecular complexity index is 1010. The van der Waals surface area contributed by atoms with Gasteiger partial charge in [-0.15, -0.1) is 0 Å². The maximum Gasteiger partial charge on any atom is 0.257 e. The molecule has 3 rings (SSSR count). The Hall–Kier alpha value is -2.58. The summed E-state index contributed by atoms with van der Waals surface area (Å²) < 4.78 is 38.2. The molecule has 156 valence electrons. The monoisotopic (exact) mass is 418 g/mol. The first-order chi connectivity index (χ1) is 13.8. The SMILES string of the molecule is COc1cccc(C(=O)N2CCN(S(=O)(=O)c3cc(C)ccc3C)CC2)c1OC. The molecule has 0 aromatic heterocycles. The molecule has 0 aliphatic carbocycles. The average Bonchev–Trinajstić information content (AvgIpc) is 2.74. The lowest BCUT2D eigenvalue weighted by Crippen LogP contribution is -2.50. The van der Waals surface area contributed by atoms with E-state index in [-0.39, 0.29) is 19.0 Å². The number of rotatable bonds is 5. The number of ether oxygens (including phenoxy) is 2. The van der Waals surface area contributed by atoms with E-state index in [1.165, 1.54) is 18.5 Å². The van der Waals surface area contributed by atoms with E-state index < -0.39 is 10.0 Å². The summed E-state index contributed by atoms with van der Waals surface area (Å²) in [6.07, 6.45) is 0. The van der Waals surface area contributed by atoms with Crippen molar-refractivity contribution in [2.24, 2.45) is 0 Å². The topological polar surface area (TPSA) is 76.2 Å². The van der Waals surface area contributed by atoms with Gasteiger partial charge in [0.1, 0.15) is 0 Å². The van der Waals surface area contributed by atoms with Crippen molar-refractivity contribution in [1.82, 2.24) is 9.21 Å². The number of amides is 1. The van der Waals surface area contributed by atoms with Gasteiger partial charge in [-0.25, -0.2) is 8.42 Å². The predicted molar refractivity (Wildman–Crippen MR) is 110 cm³/mol. The van der Waals surface area contributed by atoms with Gasteiger partial charge in [0, 0.05) is 26.2 Å². The molecule has 8 heteroatoms. The normalized spacial score (nSPS) is 15.2. The van der Waals surface area contributed by atoms with Crippen molar-refractivity contribution >= 4 is 15.9 Å². The van der Waals surface area contributed by atoms with Gasteiger partial charge in [-0.3, -0.25) is 4.79 Å². The Morgan fingerprint density at radius 2 is 1.66 bits per heavy atom. The van der Waals surface area contributed by atoms with Gasteiger partial charge in [0.15, 0.2) is 11.5 Å². The maximum atomic E-state index is 13.1. The van der Waals surface area contributed by atoms with Crippen LogP contribution >= 0.6 is 0 Å². The number of benzene rings is 2. The predicted octanol–water partition coefficient (Wildman–Crippen LogP) is 2.47. The lowest BCUT2D eigenvalue weighted by atomic mass is 10.1. The van der Waals surface area contributed by atoms with Crippen LogP contribution in [0.1, 0.15) is 21.5 Å². The van der Waals surface area contributed by atoms with E-state index in [1.54, 1.807) is 36.1 Å². The minimum absolute atomic E-state index is 0.204. The molecule has 0 unspecified atom stereocenters.